The average molecular weight is 363 g/mol. The maximum absolute atomic E-state index is 12.2. The number of carbonyl (C=O) groups excluding carboxylic acids is 1. The van der Waals surface area contributed by atoms with Gasteiger partial charge in [0.25, 0.3) is 0 Å². The van der Waals surface area contributed by atoms with Gasteiger partial charge in [-0.3, -0.25) is 0 Å². The van der Waals surface area contributed by atoms with Gasteiger partial charge in [0.2, 0.25) is 0 Å². The Bertz CT molecular complexity index is 643. The number of anilines is 1. The Balaban J connectivity index is 2.02. The Morgan fingerprint density at radius 2 is 2.04 bits per heavy atom. The molecule has 5 nitrogen and oxygen atoms in total. The molecule has 1 aliphatic heterocycles. The fourth-order valence-corrected chi connectivity index (χ4v) is 3.01. The van der Waals surface area contributed by atoms with Crippen molar-refractivity contribution in [3.8, 4) is 11.8 Å². The highest BCUT2D eigenvalue weighted by Crippen LogP contribution is 2.26. The molecule has 1 saturated heterocycles. The number of benzene rings is 1. The van der Waals surface area contributed by atoms with Crippen LogP contribution in [0.1, 0.15) is 26.3 Å². The van der Waals surface area contributed by atoms with Crippen molar-refractivity contribution >= 4 is 23.3 Å². The summed E-state index contributed by atoms with van der Waals surface area (Å²) in [6.45, 7) is 11.0. The molecule has 2 rings (SSSR count). The summed E-state index contributed by atoms with van der Waals surface area (Å²) in [5.74, 6) is 6.25. The van der Waals surface area contributed by atoms with E-state index in [1.54, 1.807) is 0 Å². The fourth-order valence-electron chi connectivity index (χ4n) is 2.77. The van der Waals surface area contributed by atoms with Crippen LogP contribution in [0.3, 0.4) is 0 Å². The zero-order chi connectivity index (χ0) is 18.2. The molecular weight excluding hydrogens is 336 g/mol. The Labute approximate surface area is 155 Å². The summed E-state index contributed by atoms with van der Waals surface area (Å²) >= 11 is 6.31. The molecule has 1 aromatic rings. The van der Waals surface area contributed by atoms with Gasteiger partial charge in [-0.15, -0.1) is 0 Å². The molecule has 1 aliphatic rings. The van der Waals surface area contributed by atoms with Gasteiger partial charge in [0.05, 0.1) is 16.8 Å². The van der Waals surface area contributed by atoms with E-state index in [9.17, 15) is 4.79 Å². The first-order chi connectivity index (χ1) is 12.0. The standard InChI is InChI=1S/C19H27ClN4O/c1-4-23(5-2)18-14-16(8-9-17(18)20)7-6-15(3)22-19(25)24-12-10-21-11-13-24/h8-9,14-15,21H,4-5,10-13H2,1-3H3,(H,22,25). The first kappa shape index (κ1) is 19.4. The largest absolute Gasteiger partial charge is 0.371 e. The molecule has 2 N–H and O–H groups in total. The summed E-state index contributed by atoms with van der Waals surface area (Å²) in [5.41, 5.74) is 1.89. The van der Waals surface area contributed by atoms with Crippen LogP contribution in [0.4, 0.5) is 10.5 Å². The molecule has 6 heteroatoms. The van der Waals surface area contributed by atoms with Gasteiger partial charge in [0.1, 0.15) is 0 Å². The summed E-state index contributed by atoms with van der Waals surface area (Å²) < 4.78 is 0. The van der Waals surface area contributed by atoms with Crippen LogP contribution in [0.5, 0.6) is 0 Å². The fraction of sp³-hybridized carbons (Fsp3) is 0.526. The van der Waals surface area contributed by atoms with Crippen molar-refractivity contribution < 1.29 is 4.79 Å². The first-order valence-corrected chi connectivity index (χ1v) is 9.25. The van der Waals surface area contributed by atoms with Gasteiger partial charge in [0, 0.05) is 44.8 Å². The smallest absolute Gasteiger partial charge is 0.318 e. The third kappa shape index (κ3) is 5.55. The molecular formula is C19H27ClN4O. The topological polar surface area (TPSA) is 47.6 Å². The summed E-state index contributed by atoms with van der Waals surface area (Å²) in [7, 11) is 0. The minimum atomic E-state index is -0.213. The van der Waals surface area contributed by atoms with Crippen molar-refractivity contribution in [3.05, 3.63) is 28.8 Å². The van der Waals surface area contributed by atoms with E-state index in [-0.39, 0.29) is 12.1 Å². The highest BCUT2D eigenvalue weighted by molar-refractivity contribution is 6.33. The molecule has 2 amide bonds. The van der Waals surface area contributed by atoms with Crippen LogP contribution in [-0.4, -0.2) is 56.2 Å². The monoisotopic (exact) mass is 362 g/mol. The van der Waals surface area contributed by atoms with E-state index < -0.39 is 0 Å². The van der Waals surface area contributed by atoms with E-state index in [0.29, 0.717) is 0 Å². The van der Waals surface area contributed by atoms with Gasteiger partial charge in [0.15, 0.2) is 0 Å². The molecule has 0 bridgehead atoms. The second-order valence-corrected chi connectivity index (χ2v) is 6.42. The molecule has 1 atom stereocenters. The molecule has 1 unspecified atom stereocenters. The summed E-state index contributed by atoms with van der Waals surface area (Å²) in [4.78, 5) is 16.2. The Hall–Kier alpha value is -1.90. The van der Waals surface area contributed by atoms with Crippen molar-refractivity contribution in [2.75, 3.05) is 44.2 Å². The summed E-state index contributed by atoms with van der Waals surface area (Å²) in [5, 5.41) is 6.90. The quantitative estimate of drug-likeness (QED) is 0.809. The minimum Gasteiger partial charge on any atom is -0.371 e. The minimum absolute atomic E-state index is 0.0526. The molecule has 1 fully saturated rings. The van der Waals surface area contributed by atoms with Crippen LogP contribution < -0.4 is 15.5 Å². The van der Waals surface area contributed by atoms with Crippen LogP contribution in [0.15, 0.2) is 18.2 Å². The Morgan fingerprint density at radius 1 is 1.36 bits per heavy atom. The first-order valence-electron chi connectivity index (χ1n) is 8.87. The predicted octanol–water partition coefficient (Wildman–Crippen LogP) is 2.54. The van der Waals surface area contributed by atoms with E-state index in [1.165, 1.54) is 0 Å². The number of nitrogens with one attached hydrogen (secondary N) is 2. The van der Waals surface area contributed by atoms with Crippen molar-refractivity contribution in [2.45, 2.75) is 26.8 Å². The van der Waals surface area contributed by atoms with Crippen molar-refractivity contribution in [3.63, 3.8) is 0 Å². The van der Waals surface area contributed by atoms with Crippen LogP contribution in [0.25, 0.3) is 0 Å². The average Bonchev–Trinajstić information content (AvgIpc) is 2.63. The third-order valence-electron chi connectivity index (χ3n) is 4.23. The van der Waals surface area contributed by atoms with Gasteiger partial charge < -0.3 is 20.4 Å². The number of urea groups is 1. The summed E-state index contributed by atoms with van der Waals surface area (Å²) in [6, 6.07) is 5.53. The summed E-state index contributed by atoms with van der Waals surface area (Å²) in [6.07, 6.45) is 0. The van der Waals surface area contributed by atoms with Crippen LogP contribution >= 0.6 is 11.6 Å². The lowest BCUT2D eigenvalue weighted by atomic mass is 10.1. The zero-order valence-corrected chi connectivity index (χ0v) is 16.0. The van der Waals surface area contributed by atoms with Gasteiger partial charge in [-0.1, -0.05) is 23.4 Å². The molecule has 0 radical (unpaired) electrons. The maximum Gasteiger partial charge on any atom is 0.318 e. The van der Waals surface area contributed by atoms with E-state index in [1.807, 2.05) is 30.0 Å². The molecule has 25 heavy (non-hydrogen) atoms. The number of hydrogen-bond acceptors (Lipinski definition) is 3. The van der Waals surface area contributed by atoms with Crippen molar-refractivity contribution in [1.82, 2.24) is 15.5 Å². The number of rotatable bonds is 4. The van der Waals surface area contributed by atoms with Gasteiger partial charge >= 0.3 is 6.03 Å². The number of piperazine rings is 1. The molecule has 1 aromatic carbocycles. The number of amides is 2. The number of halogens is 1. The molecule has 0 saturated carbocycles. The number of carbonyl (C=O) groups is 1. The molecule has 0 spiro atoms. The SMILES string of the molecule is CCN(CC)c1cc(C#CC(C)NC(=O)N2CCNCC2)ccc1Cl. The van der Waals surface area contributed by atoms with E-state index in [2.05, 4.69) is 41.2 Å². The van der Waals surface area contributed by atoms with Gasteiger partial charge in [-0.05, 0) is 39.0 Å². The van der Waals surface area contributed by atoms with E-state index >= 15 is 0 Å². The number of hydrogen-bond donors (Lipinski definition) is 2. The third-order valence-corrected chi connectivity index (χ3v) is 4.55. The van der Waals surface area contributed by atoms with Crippen LogP contribution in [-0.2, 0) is 0 Å². The lowest BCUT2D eigenvalue weighted by molar-refractivity contribution is 0.189. The Morgan fingerprint density at radius 3 is 2.68 bits per heavy atom. The number of nitrogens with zero attached hydrogens (tertiary/aromatic N) is 2. The zero-order valence-electron chi connectivity index (χ0n) is 15.2. The lowest BCUT2D eigenvalue weighted by Crippen LogP contribution is -2.51. The molecule has 1 heterocycles. The van der Waals surface area contributed by atoms with Crippen LogP contribution in [0, 0.1) is 11.8 Å². The van der Waals surface area contributed by atoms with Crippen molar-refractivity contribution in [1.29, 1.82) is 0 Å². The van der Waals surface area contributed by atoms with E-state index in [4.69, 9.17) is 11.6 Å². The van der Waals surface area contributed by atoms with Gasteiger partial charge in [-0.2, -0.15) is 0 Å². The highest BCUT2D eigenvalue weighted by Gasteiger charge is 2.16. The van der Waals surface area contributed by atoms with Gasteiger partial charge in [-0.25, -0.2) is 4.79 Å². The van der Waals surface area contributed by atoms with E-state index in [0.717, 1.165) is 55.5 Å². The maximum atomic E-state index is 12.2. The van der Waals surface area contributed by atoms with Crippen molar-refractivity contribution in [2.24, 2.45) is 0 Å². The normalized spacial score (nSPS) is 15.1. The molecule has 0 aliphatic carbocycles. The second-order valence-electron chi connectivity index (χ2n) is 6.02. The lowest BCUT2D eigenvalue weighted by Gasteiger charge is -2.28. The Kier molecular flexibility index (Phi) is 7.42. The predicted molar refractivity (Wildman–Crippen MR) is 104 cm³/mol. The molecule has 0 aromatic heterocycles. The van der Waals surface area contributed by atoms with Crippen LogP contribution in [0.2, 0.25) is 5.02 Å². The highest BCUT2D eigenvalue weighted by atomic mass is 35.5. The molecule has 136 valence electrons. The second kappa shape index (κ2) is 9.55.